The minimum atomic E-state index is -0.494. The molecule has 0 fully saturated rings. The zero-order valence-electron chi connectivity index (χ0n) is 6.50. The maximum absolute atomic E-state index is 11.0. The van der Waals surface area contributed by atoms with Crippen molar-refractivity contribution in [3.05, 3.63) is 17.5 Å². The van der Waals surface area contributed by atoms with E-state index in [2.05, 4.69) is 14.9 Å². The molecular weight excluding hydrogens is 158 g/mol. The van der Waals surface area contributed by atoms with Gasteiger partial charge in [0, 0.05) is 6.07 Å². The molecule has 0 aliphatic carbocycles. The molecule has 0 radical (unpaired) electrons. The highest BCUT2D eigenvalue weighted by Crippen LogP contribution is 1.99. The highest BCUT2D eigenvalue weighted by molar-refractivity contribution is 5.87. The van der Waals surface area contributed by atoms with Crippen LogP contribution in [0.3, 0.4) is 0 Å². The molecule has 1 aromatic rings. The maximum Gasteiger partial charge on any atom is 0.356 e. The Bertz CT molecular complexity index is 324. The molecule has 0 bridgehead atoms. The fraction of sp³-hybridized carbons (Fsp3) is 0.286. The lowest BCUT2D eigenvalue weighted by molar-refractivity contribution is 0.0519. The van der Waals surface area contributed by atoms with Crippen LogP contribution in [0.15, 0.2) is 6.07 Å². The van der Waals surface area contributed by atoms with Crippen molar-refractivity contribution < 1.29 is 9.53 Å². The van der Waals surface area contributed by atoms with Gasteiger partial charge in [-0.2, -0.15) is 10.4 Å². The zero-order valence-corrected chi connectivity index (χ0v) is 6.50. The van der Waals surface area contributed by atoms with Gasteiger partial charge in [-0.15, -0.1) is 0 Å². The molecule has 0 aromatic carbocycles. The number of rotatable bonds is 2. The van der Waals surface area contributed by atoms with E-state index in [-0.39, 0.29) is 11.4 Å². The van der Waals surface area contributed by atoms with Crippen LogP contribution in [-0.2, 0) is 4.74 Å². The van der Waals surface area contributed by atoms with Crippen LogP contribution in [-0.4, -0.2) is 22.8 Å². The number of hydrogen-bond acceptors (Lipinski definition) is 4. The summed E-state index contributed by atoms with van der Waals surface area (Å²) in [5.74, 6) is -0.494. The average molecular weight is 165 g/mol. The van der Waals surface area contributed by atoms with Gasteiger partial charge in [0.2, 0.25) is 0 Å². The van der Waals surface area contributed by atoms with E-state index < -0.39 is 5.97 Å². The molecule has 1 N–H and O–H groups in total. The standard InChI is InChI=1S/C7H7N3O2/c1-2-12-7(11)6-3-5(4-8)9-10-6/h3H,2H2,1H3,(H,9,10). The van der Waals surface area contributed by atoms with Gasteiger partial charge in [0.25, 0.3) is 0 Å². The van der Waals surface area contributed by atoms with Crippen molar-refractivity contribution in [3.8, 4) is 6.07 Å². The summed E-state index contributed by atoms with van der Waals surface area (Å²) in [6.45, 7) is 2.01. The fourth-order valence-electron chi connectivity index (χ4n) is 0.692. The number of hydrogen-bond donors (Lipinski definition) is 1. The van der Waals surface area contributed by atoms with E-state index in [1.807, 2.05) is 0 Å². The van der Waals surface area contributed by atoms with Crippen LogP contribution in [0.2, 0.25) is 0 Å². The van der Waals surface area contributed by atoms with Gasteiger partial charge in [-0.05, 0) is 6.92 Å². The molecule has 0 unspecified atom stereocenters. The number of nitrogens with one attached hydrogen (secondary N) is 1. The molecule has 5 heteroatoms. The molecule has 1 heterocycles. The Morgan fingerprint density at radius 3 is 3.17 bits per heavy atom. The molecule has 1 aromatic heterocycles. The highest BCUT2D eigenvalue weighted by atomic mass is 16.5. The number of aromatic nitrogens is 2. The predicted molar refractivity (Wildman–Crippen MR) is 39.3 cm³/mol. The third kappa shape index (κ3) is 1.61. The minimum absolute atomic E-state index is 0.179. The van der Waals surface area contributed by atoms with Crippen LogP contribution in [0.5, 0.6) is 0 Å². The largest absolute Gasteiger partial charge is 0.461 e. The van der Waals surface area contributed by atoms with Gasteiger partial charge < -0.3 is 4.74 Å². The molecule has 0 aliphatic heterocycles. The van der Waals surface area contributed by atoms with Crippen LogP contribution in [0.25, 0.3) is 0 Å². The first-order chi connectivity index (χ1) is 5.77. The Morgan fingerprint density at radius 2 is 2.67 bits per heavy atom. The zero-order chi connectivity index (χ0) is 8.97. The number of aromatic amines is 1. The van der Waals surface area contributed by atoms with E-state index in [1.54, 1.807) is 13.0 Å². The summed E-state index contributed by atoms with van der Waals surface area (Å²) >= 11 is 0. The van der Waals surface area contributed by atoms with Gasteiger partial charge in [-0.3, -0.25) is 5.10 Å². The van der Waals surface area contributed by atoms with Gasteiger partial charge in [0.1, 0.15) is 11.8 Å². The number of carbonyl (C=O) groups is 1. The Kier molecular flexibility index (Phi) is 2.43. The summed E-state index contributed by atoms with van der Waals surface area (Å²) < 4.78 is 4.67. The molecular formula is C7H7N3O2. The van der Waals surface area contributed by atoms with E-state index in [9.17, 15) is 4.79 Å². The molecule has 0 spiro atoms. The van der Waals surface area contributed by atoms with E-state index in [0.29, 0.717) is 6.61 Å². The summed E-state index contributed by atoms with van der Waals surface area (Å²) in [7, 11) is 0. The summed E-state index contributed by atoms with van der Waals surface area (Å²) in [5.41, 5.74) is 0.381. The molecule has 62 valence electrons. The Morgan fingerprint density at radius 1 is 1.92 bits per heavy atom. The van der Waals surface area contributed by atoms with E-state index in [0.717, 1.165) is 0 Å². The lowest BCUT2D eigenvalue weighted by Crippen LogP contribution is -2.04. The smallest absolute Gasteiger partial charge is 0.356 e. The van der Waals surface area contributed by atoms with E-state index in [1.165, 1.54) is 6.07 Å². The molecule has 1 rings (SSSR count). The number of esters is 1. The molecule has 0 saturated heterocycles. The quantitative estimate of drug-likeness (QED) is 0.645. The maximum atomic E-state index is 11.0. The minimum Gasteiger partial charge on any atom is -0.461 e. The van der Waals surface area contributed by atoms with Gasteiger partial charge in [-0.1, -0.05) is 0 Å². The van der Waals surface area contributed by atoms with Crippen molar-refractivity contribution in [1.82, 2.24) is 10.2 Å². The van der Waals surface area contributed by atoms with E-state index in [4.69, 9.17) is 5.26 Å². The van der Waals surface area contributed by atoms with Gasteiger partial charge in [-0.25, -0.2) is 4.79 Å². The van der Waals surface area contributed by atoms with Crippen LogP contribution in [0.4, 0.5) is 0 Å². The van der Waals surface area contributed by atoms with E-state index >= 15 is 0 Å². The normalized spacial score (nSPS) is 9.00. The Balaban J connectivity index is 2.76. The van der Waals surface area contributed by atoms with Crippen molar-refractivity contribution in [3.63, 3.8) is 0 Å². The van der Waals surface area contributed by atoms with Crippen molar-refractivity contribution in [2.45, 2.75) is 6.92 Å². The van der Waals surface area contributed by atoms with Gasteiger partial charge in [0.15, 0.2) is 5.69 Å². The number of nitrogens with zero attached hydrogens (tertiary/aromatic N) is 2. The molecule has 0 amide bonds. The lowest BCUT2D eigenvalue weighted by atomic mass is 10.4. The second-order valence-electron chi connectivity index (χ2n) is 2.00. The number of ether oxygens (including phenoxy) is 1. The summed E-state index contributed by atoms with van der Waals surface area (Å²) in [5, 5.41) is 14.3. The second-order valence-corrected chi connectivity index (χ2v) is 2.00. The first kappa shape index (κ1) is 8.27. The second kappa shape index (κ2) is 3.53. The molecule has 0 saturated carbocycles. The van der Waals surface area contributed by atoms with Crippen LogP contribution >= 0.6 is 0 Å². The van der Waals surface area contributed by atoms with Crippen LogP contribution in [0, 0.1) is 11.3 Å². The van der Waals surface area contributed by atoms with Crippen LogP contribution in [0.1, 0.15) is 23.1 Å². The Hall–Kier alpha value is -1.83. The molecule has 0 aliphatic rings. The average Bonchev–Trinajstić information content (AvgIpc) is 2.52. The van der Waals surface area contributed by atoms with Crippen molar-refractivity contribution in [2.24, 2.45) is 0 Å². The number of nitriles is 1. The first-order valence-corrected chi connectivity index (χ1v) is 3.40. The third-order valence-electron chi connectivity index (χ3n) is 1.19. The van der Waals surface area contributed by atoms with Crippen LogP contribution < -0.4 is 0 Å². The number of H-pyrrole nitrogens is 1. The van der Waals surface area contributed by atoms with Crippen molar-refractivity contribution in [1.29, 1.82) is 5.26 Å². The topological polar surface area (TPSA) is 78.8 Å². The van der Waals surface area contributed by atoms with Gasteiger partial charge in [0.05, 0.1) is 6.61 Å². The molecule has 5 nitrogen and oxygen atoms in total. The van der Waals surface area contributed by atoms with Crippen molar-refractivity contribution >= 4 is 5.97 Å². The first-order valence-electron chi connectivity index (χ1n) is 3.40. The highest BCUT2D eigenvalue weighted by Gasteiger charge is 2.09. The SMILES string of the molecule is CCOC(=O)c1cc(C#N)n[nH]1. The molecule has 12 heavy (non-hydrogen) atoms. The summed E-state index contributed by atoms with van der Waals surface area (Å²) in [4.78, 5) is 11.0. The summed E-state index contributed by atoms with van der Waals surface area (Å²) in [6, 6.07) is 3.14. The predicted octanol–water partition coefficient (Wildman–Crippen LogP) is 0.458. The third-order valence-corrected chi connectivity index (χ3v) is 1.19. The lowest BCUT2D eigenvalue weighted by Gasteiger charge is -1.95. The van der Waals surface area contributed by atoms with Crippen molar-refractivity contribution in [2.75, 3.05) is 6.61 Å². The monoisotopic (exact) mass is 165 g/mol. The summed E-state index contributed by atoms with van der Waals surface area (Å²) in [6.07, 6.45) is 0. The molecule has 0 atom stereocenters. The Labute approximate surface area is 69.0 Å². The van der Waals surface area contributed by atoms with Gasteiger partial charge >= 0.3 is 5.97 Å². The fourth-order valence-corrected chi connectivity index (χ4v) is 0.692. The number of carbonyl (C=O) groups excluding carboxylic acids is 1.